The van der Waals surface area contributed by atoms with E-state index in [1.807, 2.05) is 4.90 Å². The minimum absolute atomic E-state index is 0.0105. The monoisotopic (exact) mass is 365 g/mol. The second kappa shape index (κ2) is 7.92. The molecule has 0 aliphatic carbocycles. The molecule has 0 bridgehead atoms. The van der Waals surface area contributed by atoms with Gasteiger partial charge in [-0.3, -0.25) is 9.58 Å². The van der Waals surface area contributed by atoms with E-state index in [-0.39, 0.29) is 37.6 Å². The Balaban J connectivity index is 1.87. The third-order valence-corrected chi connectivity index (χ3v) is 4.44. The first-order valence-corrected chi connectivity index (χ1v) is 8.57. The SMILES string of the molecule is CCOC(=O)c1nn(CCO)c2c1CN(Cc1c(F)cccc1F)CC2. The Hall–Kier alpha value is -2.32. The number of ether oxygens (including phenoxy) is 1. The molecule has 140 valence electrons. The summed E-state index contributed by atoms with van der Waals surface area (Å²) in [6.45, 7) is 3.13. The zero-order valence-electron chi connectivity index (χ0n) is 14.5. The van der Waals surface area contributed by atoms with Crippen molar-refractivity contribution in [1.82, 2.24) is 14.7 Å². The van der Waals surface area contributed by atoms with Gasteiger partial charge in [-0.1, -0.05) is 6.07 Å². The number of aliphatic hydroxyl groups excluding tert-OH is 1. The Kier molecular flexibility index (Phi) is 5.63. The van der Waals surface area contributed by atoms with Gasteiger partial charge in [-0.25, -0.2) is 13.6 Å². The lowest BCUT2D eigenvalue weighted by molar-refractivity contribution is 0.0515. The van der Waals surface area contributed by atoms with Gasteiger partial charge in [-0.05, 0) is 19.1 Å². The molecule has 0 fully saturated rings. The second-order valence-corrected chi connectivity index (χ2v) is 6.10. The number of rotatable bonds is 6. The van der Waals surface area contributed by atoms with Gasteiger partial charge in [0.05, 0.1) is 19.8 Å². The first-order valence-electron chi connectivity index (χ1n) is 8.57. The van der Waals surface area contributed by atoms with E-state index in [1.165, 1.54) is 18.2 Å². The molecule has 0 saturated carbocycles. The predicted molar refractivity (Wildman–Crippen MR) is 89.4 cm³/mol. The zero-order chi connectivity index (χ0) is 18.7. The van der Waals surface area contributed by atoms with Crippen molar-refractivity contribution in [3.05, 3.63) is 52.3 Å². The van der Waals surface area contributed by atoms with E-state index >= 15 is 0 Å². The largest absolute Gasteiger partial charge is 0.461 e. The number of benzene rings is 1. The second-order valence-electron chi connectivity index (χ2n) is 6.10. The summed E-state index contributed by atoms with van der Waals surface area (Å²) >= 11 is 0. The molecule has 0 amide bonds. The maximum atomic E-state index is 13.9. The van der Waals surface area contributed by atoms with E-state index in [2.05, 4.69) is 5.10 Å². The summed E-state index contributed by atoms with van der Waals surface area (Å²) in [5, 5.41) is 13.5. The van der Waals surface area contributed by atoms with Crippen LogP contribution in [0.2, 0.25) is 0 Å². The molecule has 0 radical (unpaired) electrons. The highest BCUT2D eigenvalue weighted by Gasteiger charge is 2.29. The van der Waals surface area contributed by atoms with E-state index in [0.29, 0.717) is 25.1 Å². The van der Waals surface area contributed by atoms with E-state index in [1.54, 1.807) is 11.6 Å². The molecule has 2 aromatic rings. The quantitative estimate of drug-likeness (QED) is 0.792. The molecule has 2 heterocycles. The van der Waals surface area contributed by atoms with Crippen LogP contribution < -0.4 is 0 Å². The summed E-state index contributed by atoms with van der Waals surface area (Å²) in [4.78, 5) is 14.1. The summed E-state index contributed by atoms with van der Waals surface area (Å²) in [7, 11) is 0. The van der Waals surface area contributed by atoms with E-state index in [9.17, 15) is 18.7 Å². The van der Waals surface area contributed by atoms with Gasteiger partial charge in [0.1, 0.15) is 11.6 Å². The topological polar surface area (TPSA) is 67.6 Å². The highest BCUT2D eigenvalue weighted by atomic mass is 19.1. The van der Waals surface area contributed by atoms with Crippen molar-refractivity contribution in [1.29, 1.82) is 0 Å². The Labute approximate surface area is 150 Å². The summed E-state index contributed by atoms with van der Waals surface area (Å²) in [5.74, 6) is -1.70. The number of halogens is 2. The van der Waals surface area contributed by atoms with Gasteiger partial charge in [0.25, 0.3) is 0 Å². The summed E-state index contributed by atoms with van der Waals surface area (Å²) in [6, 6.07) is 3.80. The molecule has 1 aromatic heterocycles. The van der Waals surface area contributed by atoms with Gasteiger partial charge >= 0.3 is 5.97 Å². The molecule has 0 atom stereocenters. The zero-order valence-corrected chi connectivity index (χ0v) is 14.5. The molecule has 1 aromatic carbocycles. The summed E-state index contributed by atoms with van der Waals surface area (Å²) < 4.78 is 34.5. The molecule has 8 heteroatoms. The Bertz CT molecular complexity index is 787. The maximum absolute atomic E-state index is 13.9. The molecule has 0 spiro atoms. The van der Waals surface area contributed by atoms with Crippen molar-refractivity contribution >= 4 is 5.97 Å². The number of aromatic nitrogens is 2. The highest BCUT2D eigenvalue weighted by Crippen LogP contribution is 2.26. The van der Waals surface area contributed by atoms with Gasteiger partial charge in [0, 0.05) is 42.9 Å². The molecular formula is C18H21F2N3O3. The van der Waals surface area contributed by atoms with Crippen LogP contribution in [0.15, 0.2) is 18.2 Å². The van der Waals surface area contributed by atoms with Crippen molar-refractivity contribution in [2.75, 3.05) is 19.8 Å². The predicted octanol–water partition coefficient (Wildman–Crippen LogP) is 1.89. The van der Waals surface area contributed by atoms with Crippen molar-refractivity contribution in [2.24, 2.45) is 0 Å². The molecule has 6 nitrogen and oxygen atoms in total. The molecule has 1 aliphatic rings. The smallest absolute Gasteiger partial charge is 0.359 e. The number of carbonyl (C=O) groups excluding carboxylic acids is 1. The highest BCUT2D eigenvalue weighted by molar-refractivity contribution is 5.89. The van der Waals surface area contributed by atoms with Crippen LogP contribution in [0.25, 0.3) is 0 Å². The third kappa shape index (κ3) is 3.61. The lowest BCUT2D eigenvalue weighted by Gasteiger charge is -2.27. The van der Waals surface area contributed by atoms with E-state index in [4.69, 9.17) is 4.74 Å². The number of esters is 1. The van der Waals surface area contributed by atoms with Crippen LogP contribution in [0.4, 0.5) is 8.78 Å². The lowest BCUT2D eigenvalue weighted by Crippen LogP contribution is -2.32. The lowest BCUT2D eigenvalue weighted by atomic mass is 10.0. The normalized spacial score (nSPS) is 14.3. The molecule has 26 heavy (non-hydrogen) atoms. The summed E-state index contributed by atoms with van der Waals surface area (Å²) in [5.41, 5.74) is 1.76. The number of aliphatic hydroxyl groups is 1. The number of carbonyl (C=O) groups is 1. The third-order valence-electron chi connectivity index (χ3n) is 4.44. The van der Waals surface area contributed by atoms with Crippen molar-refractivity contribution in [2.45, 2.75) is 33.0 Å². The number of fused-ring (bicyclic) bond motifs is 1. The van der Waals surface area contributed by atoms with Gasteiger partial charge in [0.15, 0.2) is 5.69 Å². The van der Waals surface area contributed by atoms with Gasteiger partial charge < -0.3 is 9.84 Å². The Morgan fingerprint density at radius 3 is 2.73 bits per heavy atom. The van der Waals surface area contributed by atoms with Crippen LogP contribution >= 0.6 is 0 Å². The molecule has 0 unspecified atom stereocenters. The molecular weight excluding hydrogens is 344 g/mol. The van der Waals surface area contributed by atoms with E-state index < -0.39 is 17.6 Å². The molecule has 3 rings (SSSR count). The average Bonchev–Trinajstić information content (AvgIpc) is 2.97. The van der Waals surface area contributed by atoms with Crippen LogP contribution in [0, 0.1) is 11.6 Å². The Morgan fingerprint density at radius 1 is 1.35 bits per heavy atom. The van der Waals surface area contributed by atoms with Crippen LogP contribution in [0.1, 0.15) is 34.2 Å². The molecule has 1 N–H and O–H groups in total. The van der Waals surface area contributed by atoms with Crippen LogP contribution in [-0.4, -0.2) is 45.5 Å². The average molecular weight is 365 g/mol. The maximum Gasteiger partial charge on any atom is 0.359 e. The Morgan fingerprint density at radius 2 is 2.08 bits per heavy atom. The fraction of sp³-hybridized carbons (Fsp3) is 0.444. The number of nitrogens with zero attached hydrogens (tertiary/aromatic N) is 3. The van der Waals surface area contributed by atoms with Gasteiger partial charge in [-0.2, -0.15) is 5.10 Å². The molecule has 1 aliphatic heterocycles. The fourth-order valence-corrected chi connectivity index (χ4v) is 3.23. The van der Waals surface area contributed by atoms with E-state index in [0.717, 1.165) is 5.69 Å². The standard InChI is InChI=1S/C18H21F2N3O3/c1-2-26-18(25)17-13-11-22(7-6-16(13)23(21-17)8-9-24)10-12-14(19)4-3-5-15(12)20/h3-5,24H,2,6-11H2,1H3. The fourth-order valence-electron chi connectivity index (χ4n) is 3.23. The number of hydrogen-bond acceptors (Lipinski definition) is 5. The first kappa shape index (κ1) is 18.5. The van der Waals surface area contributed by atoms with Gasteiger partial charge in [0.2, 0.25) is 0 Å². The summed E-state index contributed by atoms with van der Waals surface area (Å²) in [6.07, 6.45) is 0.567. The van der Waals surface area contributed by atoms with Crippen molar-refractivity contribution in [3.8, 4) is 0 Å². The van der Waals surface area contributed by atoms with Crippen molar-refractivity contribution < 1.29 is 23.4 Å². The van der Waals surface area contributed by atoms with Crippen LogP contribution in [0.5, 0.6) is 0 Å². The number of hydrogen-bond donors (Lipinski definition) is 1. The van der Waals surface area contributed by atoms with Gasteiger partial charge in [-0.15, -0.1) is 0 Å². The molecule has 0 saturated heterocycles. The van der Waals surface area contributed by atoms with Crippen LogP contribution in [0.3, 0.4) is 0 Å². The minimum Gasteiger partial charge on any atom is -0.461 e. The van der Waals surface area contributed by atoms with Crippen LogP contribution in [-0.2, 0) is 30.8 Å². The minimum atomic E-state index is -0.586. The first-order chi connectivity index (χ1) is 12.5. The van der Waals surface area contributed by atoms with Crippen molar-refractivity contribution in [3.63, 3.8) is 0 Å².